The van der Waals surface area contributed by atoms with Gasteiger partial charge in [-0.2, -0.15) is 0 Å². The Labute approximate surface area is 98.6 Å². The monoisotopic (exact) mass is 222 g/mol. The SMILES string of the molecule is CCOc1cc(C(C)C)cc(COC)c1C. The van der Waals surface area contributed by atoms with Crippen LogP contribution < -0.4 is 4.74 Å². The van der Waals surface area contributed by atoms with Gasteiger partial charge in [0.05, 0.1) is 13.2 Å². The molecule has 0 amide bonds. The van der Waals surface area contributed by atoms with Gasteiger partial charge in [-0.1, -0.05) is 19.9 Å². The zero-order valence-electron chi connectivity index (χ0n) is 11.0. The van der Waals surface area contributed by atoms with Gasteiger partial charge < -0.3 is 9.47 Å². The van der Waals surface area contributed by atoms with Gasteiger partial charge >= 0.3 is 0 Å². The van der Waals surface area contributed by atoms with E-state index in [2.05, 4.69) is 32.9 Å². The van der Waals surface area contributed by atoms with E-state index >= 15 is 0 Å². The van der Waals surface area contributed by atoms with Crippen molar-refractivity contribution in [2.24, 2.45) is 0 Å². The van der Waals surface area contributed by atoms with Crippen LogP contribution in [0.2, 0.25) is 0 Å². The van der Waals surface area contributed by atoms with E-state index in [1.165, 1.54) is 16.7 Å². The Morgan fingerprint density at radius 1 is 1.25 bits per heavy atom. The zero-order chi connectivity index (χ0) is 12.1. The molecule has 1 aromatic rings. The number of hydrogen-bond acceptors (Lipinski definition) is 2. The van der Waals surface area contributed by atoms with E-state index in [4.69, 9.17) is 9.47 Å². The summed E-state index contributed by atoms with van der Waals surface area (Å²) in [4.78, 5) is 0. The number of methoxy groups -OCH3 is 1. The molecule has 0 bridgehead atoms. The molecule has 0 unspecified atom stereocenters. The van der Waals surface area contributed by atoms with Crippen LogP contribution in [-0.2, 0) is 11.3 Å². The van der Waals surface area contributed by atoms with Crippen LogP contribution >= 0.6 is 0 Å². The van der Waals surface area contributed by atoms with Crippen LogP contribution in [0.5, 0.6) is 5.75 Å². The molecule has 0 spiro atoms. The fourth-order valence-corrected chi connectivity index (χ4v) is 1.71. The maximum absolute atomic E-state index is 5.66. The molecule has 0 atom stereocenters. The average molecular weight is 222 g/mol. The first-order chi connectivity index (χ1) is 7.60. The number of rotatable bonds is 5. The molecule has 16 heavy (non-hydrogen) atoms. The average Bonchev–Trinajstić information content (AvgIpc) is 2.24. The number of ether oxygens (including phenoxy) is 2. The fraction of sp³-hybridized carbons (Fsp3) is 0.571. The van der Waals surface area contributed by atoms with Gasteiger partial charge in [-0.25, -0.2) is 0 Å². The lowest BCUT2D eigenvalue weighted by molar-refractivity contribution is 0.183. The molecule has 0 aliphatic rings. The molecule has 0 aromatic heterocycles. The van der Waals surface area contributed by atoms with Crippen LogP contribution in [-0.4, -0.2) is 13.7 Å². The maximum Gasteiger partial charge on any atom is 0.122 e. The van der Waals surface area contributed by atoms with Crippen molar-refractivity contribution < 1.29 is 9.47 Å². The highest BCUT2D eigenvalue weighted by molar-refractivity contribution is 5.43. The van der Waals surface area contributed by atoms with Crippen molar-refractivity contribution in [1.82, 2.24) is 0 Å². The third kappa shape index (κ3) is 2.99. The van der Waals surface area contributed by atoms with Crippen LogP contribution in [0.4, 0.5) is 0 Å². The zero-order valence-corrected chi connectivity index (χ0v) is 11.0. The molecule has 0 radical (unpaired) electrons. The molecular weight excluding hydrogens is 200 g/mol. The first-order valence-corrected chi connectivity index (χ1v) is 5.85. The minimum Gasteiger partial charge on any atom is -0.494 e. The summed E-state index contributed by atoms with van der Waals surface area (Å²) in [6.07, 6.45) is 0. The second kappa shape index (κ2) is 5.90. The summed E-state index contributed by atoms with van der Waals surface area (Å²) in [5, 5.41) is 0. The third-order valence-corrected chi connectivity index (χ3v) is 2.76. The van der Waals surface area contributed by atoms with Gasteiger partial charge in [-0.15, -0.1) is 0 Å². The molecule has 0 aliphatic heterocycles. The molecule has 0 saturated heterocycles. The molecule has 1 aromatic carbocycles. The molecule has 1 rings (SSSR count). The Hall–Kier alpha value is -1.02. The van der Waals surface area contributed by atoms with Crippen LogP contribution in [0.15, 0.2) is 12.1 Å². The molecule has 2 heteroatoms. The van der Waals surface area contributed by atoms with E-state index in [0.29, 0.717) is 19.1 Å². The number of hydrogen-bond donors (Lipinski definition) is 0. The van der Waals surface area contributed by atoms with E-state index in [-0.39, 0.29) is 0 Å². The third-order valence-electron chi connectivity index (χ3n) is 2.76. The second-order valence-electron chi connectivity index (χ2n) is 4.32. The van der Waals surface area contributed by atoms with Crippen LogP contribution in [0, 0.1) is 6.92 Å². The molecular formula is C14H22O2. The van der Waals surface area contributed by atoms with E-state index < -0.39 is 0 Å². The van der Waals surface area contributed by atoms with Crippen LogP contribution in [0.1, 0.15) is 43.4 Å². The topological polar surface area (TPSA) is 18.5 Å². The van der Waals surface area contributed by atoms with Crippen molar-refractivity contribution in [3.05, 3.63) is 28.8 Å². The van der Waals surface area contributed by atoms with Crippen LogP contribution in [0.25, 0.3) is 0 Å². The van der Waals surface area contributed by atoms with Gasteiger partial charge in [0.15, 0.2) is 0 Å². The minimum absolute atomic E-state index is 0.510. The van der Waals surface area contributed by atoms with E-state index in [1.807, 2.05) is 6.92 Å². The lowest BCUT2D eigenvalue weighted by Gasteiger charge is -2.16. The molecule has 0 heterocycles. The highest BCUT2D eigenvalue weighted by Gasteiger charge is 2.10. The van der Waals surface area contributed by atoms with Gasteiger partial charge in [0, 0.05) is 7.11 Å². The van der Waals surface area contributed by atoms with Crippen molar-refractivity contribution in [3.63, 3.8) is 0 Å². The van der Waals surface area contributed by atoms with Crippen molar-refractivity contribution in [1.29, 1.82) is 0 Å². The van der Waals surface area contributed by atoms with E-state index in [0.717, 1.165) is 5.75 Å². The first-order valence-electron chi connectivity index (χ1n) is 5.85. The Bertz CT molecular complexity index is 316. The minimum atomic E-state index is 0.510. The van der Waals surface area contributed by atoms with Crippen molar-refractivity contribution in [2.75, 3.05) is 13.7 Å². The van der Waals surface area contributed by atoms with E-state index in [9.17, 15) is 0 Å². The van der Waals surface area contributed by atoms with Gasteiger partial charge in [-0.3, -0.25) is 0 Å². The fourth-order valence-electron chi connectivity index (χ4n) is 1.71. The van der Waals surface area contributed by atoms with E-state index in [1.54, 1.807) is 7.11 Å². The summed E-state index contributed by atoms with van der Waals surface area (Å²) in [6, 6.07) is 4.36. The smallest absolute Gasteiger partial charge is 0.122 e. The standard InChI is InChI=1S/C14H22O2/c1-6-16-14-8-12(10(2)3)7-13(9-15-5)11(14)4/h7-8,10H,6,9H2,1-5H3. The lowest BCUT2D eigenvalue weighted by Crippen LogP contribution is -2.01. The molecule has 0 saturated carbocycles. The number of benzene rings is 1. The summed E-state index contributed by atoms with van der Waals surface area (Å²) in [7, 11) is 1.72. The summed E-state index contributed by atoms with van der Waals surface area (Å²) in [6.45, 7) is 9.83. The summed E-state index contributed by atoms with van der Waals surface area (Å²) >= 11 is 0. The Morgan fingerprint density at radius 3 is 2.44 bits per heavy atom. The molecule has 0 fully saturated rings. The van der Waals surface area contributed by atoms with Gasteiger partial charge in [-0.05, 0) is 42.5 Å². The second-order valence-corrected chi connectivity index (χ2v) is 4.32. The molecule has 0 N–H and O–H groups in total. The predicted molar refractivity (Wildman–Crippen MR) is 67.2 cm³/mol. The molecule has 0 aliphatic carbocycles. The quantitative estimate of drug-likeness (QED) is 0.757. The largest absolute Gasteiger partial charge is 0.494 e. The van der Waals surface area contributed by atoms with Crippen molar-refractivity contribution in [3.8, 4) is 5.75 Å². The van der Waals surface area contributed by atoms with Crippen molar-refractivity contribution in [2.45, 2.75) is 40.2 Å². The van der Waals surface area contributed by atoms with Gasteiger partial charge in [0.2, 0.25) is 0 Å². The van der Waals surface area contributed by atoms with Crippen LogP contribution in [0.3, 0.4) is 0 Å². The lowest BCUT2D eigenvalue weighted by atomic mass is 9.97. The summed E-state index contributed by atoms with van der Waals surface area (Å²) in [5.41, 5.74) is 3.71. The molecule has 2 nitrogen and oxygen atoms in total. The normalized spacial score (nSPS) is 10.9. The predicted octanol–water partition coefficient (Wildman–Crippen LogP) is 3.66. The molecule has 90 valence electrons. The first kappa shape index (κ1) is 13.0. The Kier molecular flexibility index (Phi) is 4.81. The van der Waals surface area contributed by atoms with Gasteiger partial charge in [0.25, 0.3) is 0 Å². The summed E-state index contributed by atoms with van der Waals surface area (Å²) < 4.78 is 10.9. The highest BCUT2D eigenvalue weighted by Crippen LogP contribution is 2.28. The maximum atomic E-state index is 5.66. The Morgan fingerprint density at radius 2 is 1.94 bits per heavy atom. The highest BCUT2D eigenvalue weighted by atomic mass is 16.5. The van der Waals surface area contributed by atoms with Crippen molar-refractivity contribution >= 4 is 0 Å². The Balaban J connectivity index is 3.16. The summed E-state index contributed by atoms with van der Waals surface area (Å²) in [5.74, 6) is 1.50. The van der Waals surface area contributed by atoms with Gasteiger partial charge in [0.1, 0.15) is 5.75 Å².